The molecule has 164 valence electrons. The van der Waals surface area contributed by atoms with E-state index in [2.05, 4.69) is 15.7 Å². The molecule has 33 heavy (non-hydrogen) atoms. The number of hydrogen-bond acceptors (Lipinski definition) is 4. The third-order valence-corrected chi connectivity index (χ3v) is 5.78. The van der Waals surface area contributed by atoms with Gasteiger partial charge < -0.3 is 10.6 Å². The highest BCUT2D eigenvalue weighted by Gasteiger charge is 2.49. The Balaban J connectivity index is 1.31. The molecule has 0 spiro atoms. The van der Waals surface area contributed by atoms with Gasteiger partial charge in [0.1, 0.15) is 12.1 Å². The Morgan fingerprint density at radius 1 is 0.970 bits per heavy atom. The Labute approximate surface area is 189 Å². The van der Waals surface area contributed by atoms with E-state index in [-0.39, 0.29) is 0 Å². The molecule has 1 aliphatic rings. The fourth-order valence-corrected chi connectivity index (χ4v) is 3.98. The molecule has 1 unspecified atom stereocenters. The van der Waals surface area contributed by atoms with E-state index >= 15 is 0 Å². The topological polar surface area (TPSA) is 96.3 Å². The number of carbonyl (C=O) groups excluding carboxylic acids is 3. The van der Waals surface area contributed by atoms with Crippen molar-refractivity contribution in [3.05, 3.63) is 90.6 Å². The average Bonchev–Trinajstić information content (AvgIpc) is 3.38. The summed E-state index contributed by atoms with van der Waals surface area (Å²) in [6.07, 6.45) is 1.72. The largest absolute Gasteiger partial charge is 0.325 e. The monoisotopic (exact) mass is 439 g/mol. The van der Waals surface area contributed by atoms with E-state index in [0.717, 1.165) is 21.4 Å². The minimum atomic E-state index is -1.25. The number of benzene rings is 3. The molecule has 1 aromatic heterocycles. The zero-order chi connectivity index (χ0) is 23.0. The van der Waals surface area contributed by atoms with Crippen LogP contribution in [0, 0.1) is 0 Å². The number of fused-ring (bicyclic) bond motifs is 1. The first kappa shape index (κ1) is 20.4. The second kappa shape index (κ2) is 7.90. The number of hydrogen-bond donors (Lipinski definition) is 2. The van der Waals surface area contributed by atoms with Crippen molar-refractivity contribution >= 4 is 34.4 Å². The van der Waals surface area contributed by atoms with Gasteiger partial charge in [-0.25, -0.2) is 9.48 Å². The van der Waals surface area contributed by atoms with Crippen molar-refractivity contribution in [2.45, 2.75) is 12.5 Å². The minimum absolute atomic E-state index is 0.327. The first-order chi connectivity index (χ1) is 15.9. The van der Waals surface area contributed by atoms with Gasteiger partial charge in [0.15, 0.2) is 5.82 Å². The maximum Gasteiger partial charge on any atom is 0.325 e. The zero-order valence-electron chi connectivity index (χ0n) is 17.9. The van der Waals surface area contributed by atoms with Gasteiger partial charge in [0, 0.05) is 12.3 Å². The Morgan fingerprint density at radius 2 is 1.70 bits per heavy atom. The van der Waals surface area contributed by atoms with Crippen molar-refractivity contribution in [2.24, 2.45) is 0 Å². The molecule has 3 aromatic carbocycles. The molecule has 8 heteroatoms. The van der Waals surface area contributed by atoms with Crippen molar-refractivity contribution in [2.75, 3.05) is 11.9 Å². The van der Waals surface area contributed by atoms with Gasteiger partial charge in [-0.2, -0.15) is 5.10 Å². The number of amides is 4. The number of imide groups is 1. The molecule has 4 amide bonds. The van der Waals surface area contributed by atoms with Gasteiger partial charge in [-0.15, -0.1) is 0 Å². The summed E-state index contributed by atoms with van der Waals surface area (Å²) in [6, 6.07) is 23.9. The maximum atomic E-state index is 13.2. The molecule has 0 aliphatic carbocycles. The lowest BCUT2D eigenvalue weighted by molar-refractivity contribution is -0.133. The molecule has 2 N–H and O–H groups in total. The molecule has 0 radical (unpaired) electrons. The Morgan fingerprint density at radius 3 is 2.48 bits per heavy atom. The van der Waals surface area contributed by atoms with Crippen molar-refractivity contribution < 1.29 is 14.4 Å². The molecular formula is C25H21N5O3. The lowest BCUT2D eigenvalue weighted by atomic mass is 9.90. The first-order valence-corrected chi connectivity index (χ1v) is 10.5. The predicted molar refractivity (Wildman–Crippen MR) is 124 cm³/mol. The van der Waals surface area contributed by atoms with Gasteiger partial charge in [0.2, 0.25) is 5.91 Å². The van der Waals surface area contributed by atoms with Gasteiger partial charge in [0.25, 0.3) is 5.91 Å². The lowest BCUT2D eigenvalue weighted by Gasteiger charge is -2.22. The number of anilines is 1. The number of aromatic nitrogens is 2. The van der Waals surface area contributed by atoms with E-state index in [1.807, 2.05) is 72.8 Å². The molecule has 1 aliphatic heterocycles. The highest BCUT2D eigenvalue weighted by atomic mass is 16.2. The van der Waals surface area contributed by atoms with Crippen LogP contribution in [0.25, 0.3) is 16.5 Å². The van der Waals surface area contributed by atoms with Crippen LogP contribution in [0.5, 0.6) is 0 Å². The quantitative estimate of drug-likeness (QED) is 0.466. The Kier molecular flexibility index (Phi) is 4.90. The standard InChI is InChI=1S/C25H21N5O3/c1-25(19-12-11-17-7-5-6-8-18(17)15-19)23(32)29(24(33)27-25)16-22(31)26-21-13-14-30(28-21)20-9-3-2-4-10-20/h2-15H,16H2,1H3,(H,27,33)(H,26,28,31). The fourth-order valence-electron chi connectivity index (χ4n) is 3.98. The SMILES string of the molecule is CC1(c2ccc3ccccc3c2)NC(=O)N(CC(=O)Nc2ccn(-c3ccccc3)n2)C1=O. The number of nitrogens with zero attached hydrogens (tertiary/aromatic N) is 3. The highest BCUT2D eigenvalue weighted by Crippen LogP contribution is 2.31. The highest BCUT2D eigenvalue weighted by molar-refractivity contribution is 6.10. The van der Waals surface area contributed by atoms with Gasteiger partial charge >= 0.3 is 6.03 Å². The molecule has 2 heterocycles. The number of nitrogens with one attached hydrogen (secondary N) is 2. The van der Waals surface area contributed by atoms with Crippen molar-refractivity contribution in [3.8, 4) is 5.69 Å². The van der Waals surface area contributed by atoms with Gasteiger partial charge in [-0.1, -0.05) is 54.6 Å². The van der Waals surface area contributed by atoms with Crippen LogP contribution >= 0.6 is 0 Å². The van der Waals surface area contributed by atoms with Crippen LogP contribution in [-0.4, -0.2) is 39.1 Å². The minimum Gasteiger partial charge on any atom is -0.319 e. The molecular weight excluding hydrogens is 418 g/mol. The summed E-state index contributed by atoms with van der Waals surface area (Å²) in [6.45, 7) is 1.24. The summed E-state index contributed by atoms with van der Waals surface area (Å²) in [7, 11) is 0. The van der Waals surface area contributed by atoms with E-state index in [1.165, 1.54) is 0 Å². The van der Waals surface area contributed by atoms with Crippen molar-refractivity contribution in [1.82, 2.24) is 20.0 Å². The molecule has 8 nitrogen and oxygen atoms in total. The normalized spacial score (nSPS) is 17.9. The van der Waals surface area contributed by atoms with Crippen LogP contribution in [0.3, 0.4) is 0 Å². The average molecular weight is 439 g/mol. The summed E-state index contributed by atoms with van der Waals surface area (Å²) >= 11 is 0. The summed E-state index contributed by atoms with van der Waals surface area (Å²) in [5, 5.41) is 11.7. The van der Waals surface area contributed by atoms with Crippen LogP contribution in [0.1, 0.15) is 12.5 Å². The Hall–Kier alpha value is -4.46. The molecule has 4 aromatic rings. The molecule has 0 bridgehead atoms. The number of para-hydroxylation sites is 1. The zero-order valence-corrected chi connectivity index (χ0v) is 17.9. The molecule has 1 saturated heterocycles. The van der Waals surface area contributed by atoms with E-state index in [1.54, 1.807) is 23.9 Å². The summed E-state index contributed by atoms with van der Waals surface area (Å²) < 4.78 is 1.63. The second-order valence-corrected chi connectivity index (χ2v) is 8.04. The van der Waals surface area contributed by atoms with Crippen molar-refractivity contribution in [3.63, 3.8) is 0 Å². The van der Waals surface area contributed by atoms with E-state index in [0.29, 0.717) is 11.4 Å². The molecule has 5 rings (SSSR count). The first-order valence-electron chi connectivity index (χ1n) is 10.5. The van der Waals surface area contributed by atoms with Crippen LogP contribution in [-0.2, 0) is 15.1 Å². The Bertz CT molecular complexity index is 1380. The maximum absolute atomic E-state index is 13.2. The van der Waals surface area contributed by atoms with Crippen LogP contribution in [0.4, 0.5) is 10.6 Å². The van der Waals surface area contributed by atoms with Gasteiger partial charge in [0.05, 0.1) is 5.69 Å². The summed E-state index contributed by atoms with van der Waals surface area (Å²) in [5.41, 5.74) is 0.248. The lowest BCUT2D eigenvalue weighted by Crippen LogP contribution is -2.42. The third kappa shape index (κ3) is 3.71. The predicted octanol–water partition coefficient (Wildman–Crippen LogP) is 3.43. The number of urea groups is 1. The molecule has 1 atom stereocenters. The number of rotatable bonds is 5. The molecule has 1 fully saturated rings. The number of carbonyl (C=O) groups is 3. The van der Waals surface area contributed by atoms with E-state index < -0.39 is 29.9 Å². The van der Waals surface area contributed by atoms with Crippen molar-refractivity contribution in [1.29, 1.82) is 0 Å². The van der Waals surface area contributed by atoms with Gasteiger partial charge in [-0.05, 0) is 41.5 Å². The second-order valence-electron chi connectivity index (χ2n) is 8.04. The third-order valence-electron chi connectivity index (χ3n) is 5.78. The van der Waals surface area contributed by atoms with E-state index in [4.69, 9.17) is 0 Å². The smallest absolute Gasteiger partial charge is 0.319 e. The fraction of sp³-hybridized carbons (Fsp3) is 0.120. The van der Waals surface area contributed by atoms with Crippen LogP contribution in [0.15, 0.2) is 85.1 Å². The summed E-state index contributed by atoms with van der Waals surface area (Å²) in [4.78, 5) is 39.3. The van der Waals surface area contributed by atoms with Gasteiger partial charge in [-0.3, -0.25) is 14.5 Å². The van der Waals surface area contributed by atoms with Crippen LogP contribution < -0.4 is 10.6 Å². The molecule has 0 saturated carbocycles. The van der Waals surface area contributed by atoms with E-state index in [9.17, 15) is 14.4 Å². The summed E-state index contributed by atoms with van der Waals surface area (Å²) in [5.74, 6) is -0.666. The van der Waals surface area contributed by atoms with Crippen LogP contribution in [0.2, 0.25) is 0 Å².